The zero-order chi connectivity index (χ0) is 22.6. The third-order valence-electron chi connectivity index (χ3n) is 4.94. The van der Waals surface area contributed by atoms with Gasteiger partial charge in [0.1, 0.15) is 5.82 Å². The summed E-state index contributed by atoms with van der Waals surface area (Å²) in [6, 6.07) is 11.8. The van der Waals surface area contributed by atoms with E-state index in [1.54, 1.807) is 30.5 Å². The van der Waals surface area contributed by atoms with Gasteiger partial charge >= 0.3 is 7.94 Å². The molecule has 1 fully saturated rings. The highest BCUT2D eigenvalue weighted by molar-refractivity contribution is 9.10. The van der Waals surface area contributed by atoms with Crippen molar-refractivity contribution in [3.05, 3.63) is 70.1 Å². The SMILES string of the molecule is O=C(CCc1cnoc1-c1ccc(F)c(Br)c1)Nc1ccc(C[P+]2(O)OCCCO2)cc1. The van der Waals surface area contributed by atoms with Crippen LogP contribution in [0.2, 0.25) is 0 Å². The molecule has 2 heterocycles. The van der Waals surface area contributed by atoms with Crippen molar-refractivity contribution in [1.82, 2.24) is 5.16 Å². The maximum Gasteiger partial charge on any atom is 0.413 e. The molecule has 0 atom stereocenters. The highest BCUT2D eigenvalue weighted by Gasteiger charge is 2.43. The van der Waals surface area contributed by atoms with E-state index in [0.29, 0.717) is 47.3 Å². The molecular weight excluding hydrogens is 502 g/mol. The molecule has 7 nitrogen and oxygen atoms in total. The van der Waals surface area contributed by atoms with E-state index in [1.165, 1.54) is 6.07 Å². The number of aryl methyl sites for hydroxylation is 1. The molecule has 0 radical (unpaired) electrons. The Morgan fingerprint density at radius 3 is 2.66 bits per heavy atom. The van der Waals surface area contributed by atoms with E-state index in [-0.39, 0.29) is 18.1 Å². The molecule has 32 heavy (non-hydrogen) atoms. The summed E-state index contributed by atoms with van der Waals surface area (Å²) in [4.78, 5) is 22.8. The van der Waals surface area contributed by atoms with Crippen molar-refractivity contribution in [3.8, 4) is 11.3 Å². The molecule has 168 valence electrons. The van der Waals surface area contributed by atoms with Crippen LogP contribution in [0.3, 0.4) is 0 Å². The predicted molar refractivity (Wildman–Crippen MR) is 122 cm³/mol. The van der Waals surface area contributed by atoms with Crippen molar-refractivity contribution in [1.29, 1.82) is 0 Å². The van der Waals surface area contributed by atoms with Crippen molar-refractivity contribution in [2.75, 3.05) is 18.5 Å². The second kappa shape index (κ2) is 10.2. The summed E-state index contributed by atoms with van der Waals surface area (Å²) in [6.45, 7) is 1.01. The average Bonchev–Trinajstić information content (AvgIpc) is 3.25. The molecule has 1 aromatic heterocycles. The van der Waals surface area contributed by atoms with E-state index in [2.05, 4.69) is 26.4 Å². The molecule has 1 saturated heterocycles. The van der Waals surface area contributed by atoms with Crippen molar-refractivity contribution >= 4 is 35.5 Å². The lowest BCUT2D eigenvalue weighted by Crippen LogP contribution is -2.14. The van der Waals surface area contributed by atoms with Gasteiger partial charge in [0.25, 0.3) is 0 Å². The topological polar surface area (TPSA) is 93.8 Å². The van der Waals surface area contributed by atoms with Gasteiger partial charge < -0.3 is 9.84 Å². The lowest BCUT2D eigenvalue weighted by molar-refractivity contribution is -0.116. The van der Waals surface area contributed by atoms with Gasteiger partial charge in [0.05, 0.1) is 23.9 Å². The number of aromatic nitrogens is 1. The van der Waals surface area contributed by atoms with Crippen LogP contribution in [0.25, 0.3) is 11.3 Å². The van der Waals surface area contributed by atoms with Crippen LogP contribution in [0.4, 0.5) is 10.1 Å². The zero-order valence-corrected chi connectivity index (χ0v) is 19.6. The summed E-state index contributed by atoms with van der Waals surface area (Å²) in [6.07, 6.45) is 3.31. The fraction of sp³-hybridized carbons (Fsp3) is 0.273. The minimum Gasteiger partial charge on any atom is -0.356 e. The summed E-state index contributed by atoms with van der Waals surface area (Å²) >= 11 is 3.16. The Bertz CT molecular complexity index is 1090. The number of rotatable bonds is 7. The van der Waals surface area contributed by atoms with E-state index in [9.17, 15) is 14.1 Å². The number of amides is 1. The van der Waals surface area contributed by atoms with Crippen molar-refractivity contribution in [2.45, 2.75) is 25.4 Å². The second-order valence-corrected chi connectivity index (χ2v) is 10.3. The first kappa shape index (κ1) is 23.0. The molecule has 0 aliphatic carbocycles. The maximum absolute atomic E-state index is 13.5. The van der Waals surface area contributed by atoms with Crippen LogP contribution in [0, 0.1) is 5.82 Å². The zero-order valence-electron chi connectivity index (χ0n) is 17.1. The molecule has 0 spiro atoms. The molecule has 2 aromatic carbocycles. The first-order valence-electron chi connectivity index (χ1n) is 10.1. The number of carbonyl (C=O) groups excluding carboxylic acids is 1. The molecular formula is C22H22BrFN2O5P+. The van der Waals surface area contributed by atoms with E-state index >= 15 is 0 Å². The fourth-order valence-electron chi connectivity index (χ4n) is 3.31. The number of hydrogen-bond donors (Lipinski definition) is 2. The minimum atomic E-state index is -2.83. The normalized spacial score (nSPS) is 15.5. The first-order chi connectivity index (χ1) is 15.4. The van der Waals surface area contributed by atoms with Crippen LogP contribution < -0.4 is 5.32 Å². The molecule has 2 N–H and O–H groups in total. The Hall–Kier alpha value is -2.16. The minimum absolute atomic E-state index is 0.157. The van der Waals surface area contributed by atoms with Crippen LogP contribution in [0.1, 0.15) is 24.0 Å². The van der Waals surface area contributed by atoms with Crippen LogP contribution in [-0.4, -0.2) is 29.2 Å². The summed E-state index contributed by atoms with van der Waals surface area (Å²) in [5.74, 6) is -0.0124. The summed E-state index contributed by atoms with van der Waals surface area (Å²) in [5.41, 5.74) is 2.97. The highest BCUT2D eigenvalue weighted by Crippen LogP contribution is 2.61. The molecule has 0 bridgehead atoms. The highest BCUT2D eigenvalue weighted by atomic mass is 79.9. The Morgan fingerprint density at radius 2 is 1.94 bits per heavy atom. The molecule has 1 amide bonds. The number of benzene rings is 2. The van der Waals surface area contributed by atoms with Gasteiger partial charge in [-0.1, -0.05) is 17.3 Å². The molecule has 10 heteroatoms. The van der Waals surface area contributed by atoms with Crippen molar-refractivity contribution < 1.29 is 27.6 Å². The summed E-state index contributed by atoms with van der Waals surface area (Å²) in [5, 5.41) is 6.68. The largest absolute Gasteiger partial charge is 0.413 e. The van der Waals surface area contributed by atoms with Crippen LogP contribution >= 0.6 is 23.9 Å². The van der Waals surface area contributed by atoms with Crippen molar-refractivity contribution in [2.24, 2.45) is 0 Å². The number of nitrogens with one attached hydrogen (secondary N) is 1. The Balaban J connectivity index is 1.32. The monoisotopic (exact) mass is 523 g/mol. The average molecular weight is 524 g/mol. The van der Waals surface area contributed by atoms with Crippen LogP contribution in [0.5, 0.6) is 0 Å². The number of hydrogen-bond acceptors (Lipinski definition) is 6. The van der Waals surface area contributed by atoms with Crippen LogP contribution in [-0.2, 0) is 26.4 Å². The molecule has 1 aliphatic heterocycles. The smallest absolute Gasteiger partial charge is 0.356 e. The molecule has 0 saturated carbocycles. The second-order valence-electron chi connectivity index (χ2n) is 7.37. The standard InChI is InChI=1S/C22H21BrFN2O5P/c23-19-12-16(4-8-20(19)24)22-17(13-25-31-22)5-9-21(27)26-18-6-2-15(3-7-18)14-32(28)29-10-1-11-30-32/h2-4,6-8,12-13,28H,1,5,9-11,14H2/p+1. The molecule has 4 rings (SSSR count). The van der Waals surface area contributed by atoms with Gasteiger partial charge in [0.2, 0.25) is 5.91 Å². The summed E-state index contributed by atoms with van der Waals surface area (Å²) in [7, 11) is -2.83. The Morgan fingerprint density at radius 1 is 1.19 bits per heavy atom. The van der Waals surface area contributed by atoms with E-state index in [1.807, 2.05) is 12.1 Å². The number of nitrogens with zero attached hydrogens (tertiary/aromatic N) is 1. The third kappa shape index (κ3) is 5.79. The molecule has 1 aliphatic rings. The van der Waals surface area contributed by atoms with Gasteiger partial charge in [-0.05, 0) is 58.2 Å². The van der Waals surface area contributed by atoms with Gasteiger partial charge in [-0.2, -0.15) is 13.9 Å². The quantitative estimate of drug-likeness (QED) is 0.397. The summed E-state index contributed by atoms with van der Waals surface area (Å²) < 4.78 is 30.0. The number of anilines is 1. The van der Waals surface area contributed by atoms with E-state index < -0.39 is 7.94 Å². The van der Waals surface area contributed by atoms with Crippen LogP contribution in [0.15, 0.2) is 57.7 Å². The van der Waals surface area contributed by atoms with Gasteiger partial charge in [-0.15, -0.1) is 0 Å². The Kier molecular flexibility index (Phi) is 7.33. The first-order valence-corrected chi connectivity index (χ1v) is 12.7. The predicted octanol–water partition coefficient (Wildman–Crippen LogP) is 5.51. The lowest BCUT2D eigenvalue weighted by atomic mass is 10.1. The van der Waals surface area contributed by atoms with Gasteiger partial charge in [-0.25, -0.2) is 4.39 Å². The van der Waals surface area contributed by atoms with E-state index in [4.69, 9.17) is 13.6 Å². The number of carbonyl (C=O) groups is 1. The third-order valence-corrected chi connectivity index (χ3v) is 7.49. The van der Waals surface area contributed by atoms with Gasteiger partial charge in [0.15, 0.2) is 11.9 Å². The van der Waals surface area contributed by atoms with Gasteiger partial charge in [0, 0.05) is 29.7 Å². The Labute approximate surface area is 193 Å². The fourth-order valence-corrected chi connectivity index (χ4v) is 5.45. The van der Waals surface area contributed by atoms with Gasteiger partial charge in [-0.3, -0.25) is 4.79 Å². The molecule has 3 aromatic rings. The number of halogens is 2. The van der Waals surface area contributed by atoms with E-state index in [0.717, 1.165) is 17.5 Å². The lowest BCUT2D eigenvalue weighted by Gasteiger charge is -2.21. The molecule has 0 unspecified atom stereocenters. The van der Waals surface area contributed by atoms with Crippen molar-refractivity contribution in [3.63, 3.8) is 0 Å². The maximum atomic E-state index is 13.5.